The number of nitrogens with one attached hydrogen (secondary N) is 1. The van der Waals surface area contributed by atoms with Crippen LogP contribution in [-0.4, -0.2) is 40.3 Å². The molecule has 96 valence electrons. The van der Waals surface area contributed by atoms with Crippen molar-refractivity contribution >= 4 is 17.5 Å². The summed E-state index contributed by atoms with van der Waals surface area (Å²) in [6.45, 7) is 2.81. The molecule has 0 radical (unpaired) electrons. The van der Waals surface area contributed by atoms with Gasteiger partial charge in [0.15, 0.2) is 5.65 Å². The van der Waals surface area contributed by atoms with Crippen LogP contribution in [0.1, 0.15) is 5.56 Å². The number of aromatic nitrogens is 3. The second-order valence-electron chi connectivity index (χ2n) is 3.89. The topological polar surface area (TPSA) is 94.5 Å². The Morgan fingerprint density at radius 1 is 1.56 bits per heavy atom. The summed E-state index contributed by atoms with van der Waals surface area (Å²) in [6, 6.07) is 3.88. The van der Waals surface area contributed by atoms with E-state index >= 15 is 0 Å². The zero-order valence-corrected chi connectivity index (χ0v) is 10.1. The van der Waals surface area contributed by atoms with Crippen LogP contribution in [0.15, 0.2) is 18.3 Å². The third kappa shape index (κ3) is 3.17. The fourth-order valence-electron chi connectivity index (χ4n) is 1.47. The summed E-state index contributed by atoms with van der Waals surface area (Å²) in [4.78, 5) is 14.7. The zero-order valence-electron chi connectivity index (χ0n) is 10.1. The number of carbonyl (C=O) groups excluding carboxylic acids is 1. The molecule has 0 aromatic carbocycles. The van der Waals surface area contributed by atoms with Crippen molar-refractivity contribution in [2.24, 2.45) is 5.73 Å². The van der Waals surface area contributed by atoms with Crippen LogP contribution in [0.4, 0.5) is 5.95 Å². The van der Waals surface area contributed by atoms with E-state index in [0.717, 1.165) is 11.2 Å². The quantitative estimate of drug-likeness (QED) is 0.700. The molecule has 0 saturated heterocycles. The first-order valence-corrected chi connectivity index (χ1v) is 5.58. The number of hydrogen-bond acceptors (Lipinski definition) is 5. The molecule has 0 aliphatic rings. The molecule has 7 nitrogen and oxygen atoms in total. The highest BCUT2D eigenvalue weighted by atomic mass is 16.5. The van der Waals surface area contributed by atoms with Gasteiger partial charge in [-0.05, 0) is 18.6 Å². The summed E-state index contributed by atoms with van der Waals surface area (Å²) in [6.07, 6.45) is 1.90. The Bertz CT molecular complexity index is 551. The summed E-state index contributed by atoms with van der Waals surface area (Å²) in [5, 5.41) is 7.26. The fourth-order valence-corrected chi connectivity index (χ4v) is 1.47. The zero-order chi connectivity index (χ0) is 13.0. The molecule has 0 atom stereocenters. The van der Waals surface area contributed by atoms with Gasteiger partial charge in [-0.2, -0.15) is 4.98 Å². The lowest BCUT2D eigenvalue weighted by Crippen LogP contribution is -2.20. The van der Waals surface area contributed by atoms with E-state index in [1.807, 2.05) is 25.3 Å². The highest BCUT2D eigenvalue weighted by molar-refractivity contribution is 5.74. The smallest absolute Gasteiger partial charge is 0.243 e. The van der Waals surface area contributed by atoms with Gasteiger partial charge < -0.3 is 15.8 Å². The monoisotopic (exact) mass is 249 g/mol. The summed E-state index contributed by atoms with van der Waals surface area (Å²) < 4.78 is 6.72. The molecule has 0 bridgehead atoms. The van der Waals surface area contributed by atoms with Crippen LogP contribution < -0.4 is 11.1 Å². The minimum Gasteiger partial charge on any atom is -0.370 e. The first kappa shape index (κ1) is 12.3. The highest BCUT2D eigenvalue weighted by Crippen LogP contribution is 2.06. The Hall–Kier alpha value is -2.15. The normalized spacial score (nSPS) is 10.7. The lowest BCUT2D eigenvalue weighted by molar-refractivity contribution is -0.122. The van der Waals surface area contributed by atoms with Gasteiger partial charge in [0.25, 0.3) is 0 Å². The van der Waals surface area contributed by atoms with Crippen molar-refractivity contribution in [1.29, 1.82) is 0 Å². The lowest BCUT2D eigenvalue weighted by Gasteiger charge is -2.01. The molecule has 0 aliphatic heterocycles. The van der Waals surface area contributed by atoms with E-state index in [-0.39, 0.29) is 6.61 Å². The van der Waals surface area contributed by atoms with Crippen molar-refractivity contribution in [2.45, 2.75) is 6.92 Å². The number of rotatable bonds is 6. The molecular formula is C11H15N5O2. The molecule has 0 fully saturated rings. The standard InChI is InChI=1S/C11H15N5O2/c1-8-2-3-10-14-11(15-16(10)6-8)13-4-5-18-7-9(12)17/h2-3,6H,4-5,7H2,1H3,(H2,12,17)(H,13,15). The van der Waals surface area contributed by atoms with Crippen molar-refractivity contribution in [3.05, 3.63) is 23.9 Å². The second-order valence-corrected chi connectivity index (χ2v) is 3.89. The number of amides is 1. The van der Waals surface area contributed by atoms with E-state index in [1.165, 1.54) is 0 Å². The predicted octanol–water partition coefficient (Wildman–Crippen LogP) is -0.0485. The van der Waals surface area contributed by atoms with E-state index < -0.39 is 5.91 Å². The molecule has 2 rings (SSSR count). The average Bonchev–Trinajstić information content (AvgIpc) is 2.70. The number of fused-ring (bicyclic) bond motifs is 1. The molecular weight excluding hydrogens is 234 g/mol. The number of nitrogens with zero attached hydrogens (tertiary/aromatic N) is 3. The molecule has 3 N–H and O–H groups in total. The first-order chi connectivity index (χ1) is 8.65. The first-order valence-electron chi connectivity index (χ1n) is 5.58. The molecule has 1 amide bonds. The van der Waals surface area contributed by atoms with Crippen molar-refractivity contribution in [3.63, 3.8) is 0 Å². The van der Waals surface area contributed by atoms with E-state index in [0.29, 0.717) is 19.1 Å². The molecule has 7 heteroatoms. The minimum absolute atomic E-state index is 0.0700. The van der Waals surface area contributed by atoms with Crippen LogP contribution in [0, 0.1) is 6.92 Å². The Morgan fingerprint density at radius 3 is 3.17 bits per heavy atom. The molecule has 2 aromatic rings. The maximum atomic E-state index is 10.4. The van der Waals surface area contributed by atoms with Crippen molar-refractivity contribution in [2.75, 3.05) is 25.1 Å². The van der Waals surface area contributed by atoms with E-state index in [4.69, 9.17) is 10.5 Å². The van der Waals surface area contributed by atoms with Crippen molar-refractivity contribution in [3.8, 4) is 0 Å². The van der Waals surface area contributed by atoms with Crippen LogP contribution in [-0.2, 0) is 9.53 Å². The van der Waals surface area contributed by atoms with Crippen LogP contribution in [0.25, 0.3) is 5.65 Å². The van der Waals surface area contributed by atoms with Crippen LogP contribution >= 0.6 is 0 Å². The molecule has 0 unspecified atom stereocenters. The van der Waals surface area contributed by atoms with Crippen LogP contribution in [0.3, 0.4) is 0 Å². The van der Waals surface area contributed by atoms with Gasteiger partial charge in [-0.15, -0.1) is 5.10 Å². The third-order valence-electron chi connectivity index (χ3n) is 2.25. The molecule has 2 heterocycles. The van der Waals surface area contributed by atoms with Crippen LogP contribution in [0.2, 0.25) is 0 Å². The number of primary amides is 1. The maximum Gasteiger partial charge on any atom is 0.243 e. The number of carbonyl (C=O) groups is 1. The summed E-state index contributed by atoms with van der Waals surface area (Å²) in [5.41, 5.74) is 6.83. The number of hydrogen-bond donors (Lipinski definition) is 2. The van der Waals surface area contributed by atoms with Gasteiger partial charge in [-0.1, -0.05) is 6.07 Å². The Labute approximate surface area is 104 Å². The molecule has 0 saturated carbocycles. The van der Waals surface area contributed by atoms with Gasteiger partial charge in [-0.25, -0.2) is 4.52 Å². The largest absolute Gasteiger partial charge is 0.370 e. The SMILES string of the molecule is Cc1ccc2nc(NCCOCC(N)=O)nn2c1. The summed E-state index contributed by atoms with van der Waals surface area (Å²) in [7, 11) is 0. The maximum absolute atomic E-state index is 10.4. The van der Waals surface area contributed by atoms with E-state index in [9.17, 15) is 4.79 Å². The van der Waals surface area contributed by atoms with Gasteiger partial charge in [0.2, 0.25) is 11.9 Å². The third-order valence-corrected chi connectivity index (χ3v) is 2.25. The number of ether oxygens (including phenoxy) is 1. The Morgan fingerprint density at radius 2 is 2.39 bits per heavy atom. The minimum atomic E-state index is -0.476. The van der Waals surface area contributed by atoms with E-state index in [1.54, 1.807) is 4.52 Å². The van der Waals surface area contributed by atoms with Gasteiger partial charge in [0.1, 0.15) is 6.61 Å². The molecule has 2 aromatic heterocycles. The summed E-state index contributed by atoms with van der Waals surface area (Å²) in [5.74, 6) is 0.0552. The Balaban J connectivity index is 1.86. The molecule has 0 aliphatic carbocycles. The number of aryl methyl sites for hydroxylation is 1. The number of pyridine rings is 1. The van der Waals surface area contributed by atoms with Gasteiger partial charge in [-0.3, -0.25) is 4.79 Å². The molecule has 18 heavy (non-hydrogen) atoms. The van der Waals surface area contributed by atoms with Gasteiger partial charge in [0.05, 0.1) is 6.61 Å². The number of nitrogens with two attached hydrogens (primary N) is 1. The predicted molar refractivity (Wildman–Crippen MR) is 66.2 cm³/mol. The Kier molecular flexibility index (Phi) is 3.73. The summed E-state index contributed by atoms with van der Waals surface area (Å²) >= 11 is 0. The molecule has 0 spiro atoms. The van der Waals surface area contributed by atoms with Crippen molar-refractivity contribution < 1.29 is 9.53 Å². The average molecular weight is 249 g/mol. The van der Waals surface area contributed by atoms with Crippen LogP contribution in [0.5, 0.6) is 0 Å². The number of anilines is 1. The van der Waals surface area contributed by atoms with Crippen molar-refractivity contribution in [1.82, 2.24) is 14.6 Å². The van der Waals surface area contributed by atoms with Gasteiger partial charge >= 0.3 is 0 Å². The van der Waals surface area contributed by atoms with E-state index in [2.05, 4.69) is 15.4 Å². The second kappa shape index (κ2) is 5.46. The van der Waals surface area contributed by atoms with Gasteiger partial charge in [0, 0.05) is 12.7 Å². The highest BCUT2D eigenvalue weighted by Gasteiger charge is 2.02. The fraction of sp³-hybridized carbons (Fsp3) is 0.364. The lowest BCUT2D eigenvalue weighted by atomic mass is 10.3.